The van der Waals surface area contributed by atoms with Crippen molar-refractivity contribution in [3.05, 3.63) is 35.0 Å². The first-order valence-corrected chi connectivity index (χ1v) is 8.25. The summed E-state index contributed by atoms with van der Waals surface area (Å²) in [5, 5.41) is 1.13. The minimum absolute atomic E-state index is 0.0877. The van der Waals surface area contributed by atoms with Gasteiger partial charge in [-0.1, -0.05) is 12.1 Å². The Morgan fingerprint density at radius 3 is 2.57 bits per heavy atom. The molecule has 0 saturated carbocycles. The molecule has 3 heterocycles. The van der Waals surface area contributed by atoms with Gasteiger partial charge in [0.15, 0.2) is 5.79 Å². The van der Waals surface area contributed by atoms with E-state index in [9.17, 15) is 4.79 Å². The van der Waals surface area contributed by atoms with Crippen LogP contribution in [0.4, 0.5) is 0 Å². The van der Waals surface area contributed by atoms with Crippen LogP contribution < -0.4 is 0 Å². The molecule has 5 heteroatoms. The minimum Gasteiger partial charge on any atom is -0.358 e. The minimum atomic E-state index is -0.442. The molecule has 4 rings (SSSR count). The molecule has 2 fully saturated rings. The third kappa shape index (κ3) is 2.35. The van der Waals surface area contributed by atoms with E-state index >= 15 is 0 Å². The van der Waals surface area contributed by atoms with Gasteiger partial charge in [0.25, 0.3) is 5.91 Å². The number of piperidine rings is 1. The summed E-state index contributed by atoms with van der Waals surface area (Å²) in [5.74, 6) is -0.354. The highest BCUT2D eigenvalue weighted by molar-refractivity contribution is 6.06. The van der Waals surface area contributed by atoms with E-state index in [0.717, 1.165) is 35.0 Å². The van der Waals surface area contributed by atoms with Crippen LogP contribution in [0.15, 0.2) is 18.2 Å². The topological polar surface area (TPSA) is 54.6 Å². The molecule has 2 saturated heterocycles. The fourth-order valence-corrected chi connectivity index (χ4v) is 3.67. The van der Waals surface area contributed by atoms with E-state index in [1.807, 2.05) is 24.0 Å². The third-order valence-electron chi connectivity index (χ3n) is 5.20. The monoisotopic (exact) mass is 314 g/mol. The number of likely N-dealkylation sites (tertiary alicyclic amines) is 1. The molecule has 2 aromatic rings. The van der Waals surface area contributed by atoms with Crippen LogP contribution in [-0.2, 0) is 9.47 Å². The molecule has 0 aliphatic carbocycles. The summed E-state index contributed by atoms with van der Waals surface area (Å²) in [5.41, 5.74) is 4.02. The van der Waals surface area contributed by atoms with Gasteiger partial charge in [0.1, 0.15) is 0 Å². The number of aryl methyl sites for hydroxylation is 2. The second-order valence-corrected chi connectivity index (χ2v) is 6.50. The average molecular weight is 314 g/mol. The van der Waals surface area contributed by atoms with Crippen molar-refractivity contribution in [3.8, 4) is 0 Å². The van der Waals surface area contributed by atoms with Crippen LogP contribution >= 0.6 is 0 Å². The molecule has 23 heavy (non-hydrogen) atoms. The number of nitrogens with one attached hydrogen (secondary N) is 1. The lowest BCUT2D eigenvalue weighted by atomic mass is 10.0. The molecular weight excluding hydrogens is 292 g/mol. The van der Waals surface area contributed by atoms with Gasteiger partial charge in [0, 0.05) is 37.0 Å². The molecule has 1 spiro atoms. The summed E-state index contributed by atoms with van der Waals surface area (Å²) in [6, 6.07) is 5.94. The van der Waals surface area contributed by atoms with Gasteiger partial charge in [-0.2, -0.15) is 0 Å². The zero-order chi connectivity index (χ0) is 16.0. The number of rotatable bonds is 1. The SMILES string of the molecule is Cc1[nH]c2c(C(=O)N3CCC4(CC3)OCCO4)cccc2c1C. The third-order valence-corrected chi connectivity index (χ3v) is 5.20. The van der Waals surface area contributed by atoms with E-state index in [-0.39, 0.29) is 5.91 Å². The van der Waals surface area contributed by atoms with Gasteiger partial charge in [-0.25, -0.2) is 0 Å². The number of fused-ring (bicyclic) bond motifs is 1. The maximum absolute atomic E-state index is 13.0. The van der Waals surface area contributed by atoms with Crippen molar-refractivity contribution >= 4 is 16.8 Å². The fraction of sp³-hybridized carbons (Fsp3) is 0.500. The molecule has 0 radical (unpaired) electrons. The van der Waals surface area contributed by atoms with E-state index in [1.165, 1.54) is 5.56 Å². The van der Waals surface area contributed by atoms with Gasteiger partial charge in [-0.3, -0.25) is 4.79 Å². The summed E-state index contributed by atoms with van der Waals surface area (Å²) in [4.78, 5) is 18.2. The molecule has 1 N–H and O–H groups in total. The zero-order valence-corrected chi connectivity index (χ0v) is 13.6. The highest BCUT2D eigenvalue weighted by Gasteiger charge is 2.41. The van der Waals surface area contributed by atoms with Crippen LogP contribution in [0.2, 0.25) is 0 Å². The van der Waals surface area contributed by atoms with Crippen LogP contribution in [-0.4, -0.2) is 47.9 Å². The summed E-state index contributed by atoms with van der Waals surface area (Å²) < 4.78 is 11.5. The number of ether oxygens (including phenoxy) is 2. The molecular formula is C18H22N2O3. The largest absolute Gasteiger partial charge is 0.358 e. The highest BCUT2D eigenvalue weighted by Crippen LogP contribution is 2.32. The van der Waals surface area contributed by atoms with Crippen LogP contribution in [0.5, 0.6) is 0 Å². The Bertz CT molecular complexity index is 749. The van der Waals surface area contributed by atoms with Gasteiger partial charge < -0.3 is 19.4 Å². The maximum Gasteiger partial charge on any atom is 0.255 e. The summed E-state index contributed by atoms with van der Waals surface area (Å²) in [7, 11) is 0. The molecule has 0 unspecified atom stereocenters. The fourth-order valence-electron chi connectivity index (χ4n) is 3.67. The molecule has 1 amide bonds. The molecule has 0 atom stereocenters. The normalized spacial score (nSPS) is 20.5. The lowest BCUT2D eigenvalue weighted by Gasteiger charge is -2.37. The van der Waals surface area contributed by atoms with Crippen molar-refractivity contribution in [1.82, 2.24) is 9.88 Å². The highest BCUT2D eigenvalue weighted by atomic mass is 16.7. The number of hydrogen-bond donors (Lipinski definition) is 1. The number of aromatic amines is 1. The Morgan fingerprint density at radius 2 is 1.87 bits per heavy atom. The number of carbonyl (C=O) groups excluding carboxylic acids is 1. The van der Waals surface area contributed by atoms with Crippen molar-refractivity contribution in [2.75, 3.05) is 26.3 Å². The van der Waals surface area contributed by atoms with Crippen molar-refractivity contribution < 1.29 is 14.3 Å². The Balaban J connectivity index is 1.59. The summed E-state index contributed by atoms with van der Waals surface area (Å²) in [6.45, 7) is 6.80. The predicted molar refractivity (Wildman–Crippen MR) is 87.5 cm³/mol. The Labute approximate surface area is 135 Å². The molecule has 2 aliphatic heterocycles. The maximum atomic E-state index is 13.0. The summed E-state index contributed by atoms with van der Waals surface area (Å²) >= 11 is 0. The van der Waals surface area contributed by atoms with Crippen LogP contribution in [0.25, 0.3) is 10.9 Å². The van der Waals surface area contributed by atoms with Gasteiger partial charge in [0.2, 0.25) is 0 Å². The van der Waals surface area contributed by atoms with E-state index < -0.39 is 5.79 Å². The van der Waals surface area contributed by atoms with Crippen LogP contribution in [0.3, 0.4) is 0 Å². The second-order valence-electron chi connectivity index (χ2n) is 6.50. The lowest BCUT2D eigenvalue weighted by Crippen LogP contribution is -2.47. The van der Waals surface area contributed by atoms with Crippen molar-refractivity contribution in [3.63, 3.8) is 0 Å². The average Bonchev–Trinajstić information content (AvgIpc) is 3.13. The van der Waals surface area contributed by atoms with E-state index in [1.54, 1.807) is 0 Å². The van der Waals surface area contributed by atoms with Crippen molar-refractivity contribution in [2.24, 2.45) is 0 Å². The lowest BCUT2D eigenvalue weighted by molar-refractivity contribution is -0.181. The smallest absolute Gasteiger partial charge is 0.255 e. The molecule has 5 nitrogen and oxygen atoms in total. The Morgan fingerprint density at radius 1 is 1.17 bits per heavy atom. The number of nitrogens with zero attached hydrogens (tertiary/aromatic N) is 1. The first-order chi connectivity index (χ1) is 11.1. The Hall–Kier alpha value is -1.85. The molecule has 122 valence electrons. The molecule has 2 aliphatic rings. The van der Waals surface area contributed by atoms with Gasteiger partial charge in [0.05, 0.1) is 24.3 Å². The number of H-pyrrole nitrogens is 1. The second kappa shape index (κ2) is 5.35. The number of amides is 1. The standard InChI is InChI=1S/C18H22N2O3/c1-12-13(2)19-16-14(12)4-3-5-15(16)17(21)20-8-6-18(7-9-20)22-10-11-23-18/h3-5,19H,6-11H2,1-2H3. The van der Waals surface area contributed by atoms with Gasteiger partial charge in [-0.05, 0) is 25.5 Å². The number of aromatic nitrogens is 1. The van der Waals surface area contributed by atoms with Crippen molar-refractivity contribution in [1.29, 1.82) is 0 Å². The first-order valence-electron chi connectivity index (χ1n) is 8.25. The molecule has 1 aromatic carbocycles. The zero-order valence-electron chi connectivity index (χ0n) is 13.6. The summed E-state index contributed by atoms with van der Waals surface area (Å²) in [6.07, 6.45) is 1.50. The predicted octanol–water partition coefficient (Wildman–Crippen LogP) is 2.76. The van der Waals surface area contributed by atoms with E-state index in [4.69, 9.17) is 9.47 Å². The van der Waals surface area contributed by atoms with Crippen LogP contribution in [0, 0.1) is 13.8 Å². The van der Waals surface area contributed by atoms with Gasteiger partial charge >= 0.3 is 0 Å². The number of para-hydroxylation sites is 1. The molecule has 0 bridgehead atoms. The van der Waals surface area contributed by atoms with Gasteiger partial charge in [-0.15, -0.1) is 0 Å². The Kier molecular flexibility index (Phi) is 3.43. The van der Waals surface area contributed by atoms with E-state index in [2.05, 4.69) is 18.0 Å². The van der Waals surface area contributed by atoms with Crippen LogP contribution in [0.1, 0.15) is 34.5 Å². The van der Waals surface area contributed by atoms with Crippen molar-refractivity contribution in [2.45, 2.75) is 32.5 Å². The number of carbonyl (C=O) groups is 1. The number of benzene rings is 1. The molecule has 1 aromatic heterocycles. The van der Waals surface area contributed by atoms with E-state index in [0.29, 0.717) is 26.3 Å². The number of hydrogen-bond acceptors (Lipinski definition) is 3. The first kappa shape index (κ1) is 14.7. The quantitative estimate of drug-likeness (QED) is 0.880.